The van der Waals surface area contributed by atoms with Crippen molar-refractivity contribution in [2.24, 2.45) is 0 Å². The van der Waals surface area contributed by atoms with Crippen LogP contribution in [0, 0.1) is 13.8 Å². The molecule has 2 amide bonds. The summed E-state index contributed by atoms with van der Waals surface area (Å²) in [7, 11) is 0. The number of hydrazine groups is 1. The molecule has 2 N–H and O–H groups in total. The van der Waals surface area contributed by atoms with Gasteiger partial charge in [-0.2, -0.15) is 5.10 Å². The second kappa shape index (κ2) is 7.41. The molecule has 0 unspecified atom stereocenters. The number of hydrogen-bond acceptors (Lipinski definition) is 4. The summed E-state index contributed by atoms with van der Waals surface area (Å²) in [5.74, 6) is -0.945. The highest BCUT2D eigenvalue weighted by atomic mass is 16.2. The minimum atomic E-state index is -0.541. The number of aryl methyl sites for hydroxylation is 2. The van der Waals surface area contributed by atoms with E-state index in [1.165, 1.54) is 6.92 Å². The van der Waals surface area contributed by atoms with E-state index < -0.39 is 11.8 Å². The summed E-state index contributed by atoms with van der Waals surface area (Å²) in [6, 6.07) is 13.1. The van der Waals surface area contributed by atoms with Crippen LogP contribution in [0.4, 0.5) is 0 Å². The lowest BCUT2D eigenvalue weighted by Gasteiger charge is -2.12. The third-order valence-corrected chi connectivity index (χ3v) is 4.32. The van der Waals surface area contributed by atoms with Crippen LogP contribution in [-0.4, -0.2) is 21.6 Å². The van der Waals surface area contributed by atoms with Gasteiger partial charge in [-0.1, -0.05) is 30.3 Å². The molecule has 0 aliphatic rings. The molecule has 0 aliphatic heterocycles. The van der Waals surface area contributed by atoms with E-state index in [-0.39, 0.29) is 12.1 Å². The van der Waals surface area contributed by atoms with E-state index >= 15 is 0 Å². The van der Waals surface area contributed by atoms with Gasteiger partial charge in [0.2, 0.25) is 5.91 Å². The molecule has 0 bridgehead atoms. The van der Waals surface area contributed by atoms with Gasteiger partial charge >= 0.3 is 0 Å². The van der Waals surface area contributed by atoms with Crippen molar-refractivity contribution in [2.45, 2.75) is 27.3 Å². The van der Waals surface area contributed by atoms with Gasteiger partial charge < -0.3 is 0 Å². The number of benzene rings is 2. The van der Waals surface area contributed by atoms with Gasteiger partial charge in [0.25, 0.3) is 11.5 Å². The average Bonchev–Trinajstić information content (AvgIpc) is 2.65. The normalized spacial score (nSPS) is 10.6. The SMILES string of the molecule is CC(=O)NNC(=O)Cn1nc(-c2ccc(C)c(C)c2)c2ccccc2c1=O. The molecule has 7 heteroatoms. The Morgan fingerprint density at radius 3 is 2.37 bits per heavy atom. The molecule has 7 nitrogen and oxygen atoms in total. The van der Waals surface area contributed by atoms with Gasteiger partial charge in [-0.05, 0) is 37.1 Å². The van der Waals surface area contributed by atoms with Crippen molar-refractivity contribution in [2.75, 3.05) is 0 Å². The molecule has 2 aromatic carbocycles. The summed E-state index contributed by atoms with van der Waals surface area (Å²) in [5.41, 5.74) is 7.84. The van der Waals surface area contributed by atoms with Crippen molar-refractivity contribution < 1.29 is 9.59 Å². The first-order valence-corrected chi connectivity index (χ1v) is 8.49. The zero-order chi connectivity index (χ0) is 19.6. The highest BCUT2D eigenvalue weighted by Crippen LogP contribution is 2.26. The fraction of sp³-hybridized carbons (Fsp3) is 0.200. The summed E-state index contributed by atoms with van der Waals surface area (Å²) in [4.78, 5) is 35.7. The smallest absolute Gasteiger partial charge is 0.274 e. The average molecular weight is 364 g/mol. The maximum atomic E-state index is 12.7. The van der Waals surface area contributed by atoms with Crippen LogP contribution in [0.2, 0.25) is 0 Å². The van der Waals surface area contributed by atoms with E-state index in [1.54, 1.807) is 12.1 Å². The standard InChI is InChI=1S/C20H20N4O3/c1-12-8-9-15(10-13(12)2)19-16-6-4-5-7-17(16)20(27)24(23-19)11-18(26)22-21-14(3)25/h4-10H,11H2,1-3H3,(H,21,25)(H,22,26). The predicted molar refractivity (Wildman–Crippen MR) is 103 cm³/mol. The van der Waals surface area contributed by atoms with Crippen LogP contribution in [-0.2, 0) is 16.1 Å². The van der Waals surface area contributed by atoms with Crippen LogP contribution >= 0.6 is 0 Å². The predicted octanol–water partition coefficient (Wildman–Crippen LogP) is 1.85. The van der Waals surface area contributed by atoms with Gasteiger partial charge in [0.1, 0.15) is 6.54 Å². The van der Waals surface area contributed by atoms with E-state index in [2.05, 4.69) is 16.0 Å². The molecule has 138 valence electrons. The Morgan fingerprint density at radius 2 is 1.70 bits per heavy atom. The zero-order valence-corrected chi connectivity index (χ0v) is 15.4. The molecule has 0 spiro atoms. The van der Waals surface area contributed by atoms with Crippen molar-refractivity contribution >= 4 is 22.6 Å². The Bertz CT molecular complexity index is 1100. The van der Waals surface area contributed by atoms with Crippen LogP contribution in [0.3, 0.4) is 0 Å². The van der Waals surface area contributed by atoms with Crippen LogP contribution in [0.25, 0.3) is 22.0 Å². The third-order valence-electron chi connectivity index (χ3n) is 4.32. The lowest BCUT2D eigenvalue weighted by molar-refractivity contribution is -0.128. The molecule has 0 aliphatic carbocycles. The van der Waals surface area contributed by atoms with Crippen molar-refractivity contribution in [1.29, 1.82) is 0 Å². The number of carbonyl (C=O) groups excluding carboxylic acids is 2. The van der Waals surface area contributed by atoms with Gasteiger partial charge in [-0.25, -0.2) is 4.68 Å². The Labute approximate surface area is 156 Å². The zero-order valence-electron chi connectivity index (χ0n) is 15.4. The number of carbonyl (C=O) groups is 2. The third kappa shape index (κ3) is 3.87. The minimum absolute atomic E-state index is 0.304. The molecule has 0 atom stereocenters. The van der Waals surface area contributed by atoms with E-state index in [1.807, 2.05) is 44.2 Å². The molecule has 0 saturated heterocycles. The van der Waals surface area contributed by atoms with Crippen molar-refractivity contribution in [3.8, 4) is 11.3 Å². The number of amides is 2. The van der Waals surface area contributed by atoms with E-state index in [0.29, 0.717) is 11.1 Å². The number of aromatic nitrogens is 2. The summed E-state index contributed by atoms with van der Waals surface area (Å²) < 4.78 is 1.12. The van der Waals surface area contributed by atoms with Crippen LogP contribution in [0.5, 0.6) is 0 Å². The first-order chi connectivity index (χ1) is 12.9. The Kier molecular flexibility index (Phi) is 5.03. The van der Waals surface area contributed by atoms with Gasteiger partial charge in [-0.15, -0.1) is 0 Å². The molecular formula is C20H20N4O3. The van der Waals surface area contributed by atoms with Crippen molar-refractivity contribution in [3.05, 3.63) is 63.9 Å². The summed E-state index contributed by atoms with van der Waals surface area (Å²) in [6.45, 7) is 5.01. The van der Waals surface area contributed by atoms with E-state index in [0.717, 1.165) is 26.8 Å². The maximum absolute atomic E-state index is 12.7. The number of nitrogens with one attached hydrogen (secondary N) is 2. The largest absolute Gasteiger partial charge is 0.275 e. The van der Waals surface area contributed by atoms with Crippen LogP contribution in [0.15, 0.2) is 47.3 Å². The summed E-state index contributed by atoms with van der Waals surface area (Å²) in [6.07, 6.45) is 0. The molecule has 27 heavy (non-hydrogen) atoms. The Hall–Kier alpha value is -3.48. The monoisotopic (exact) mass is 364 g/mol. The van der Waals surface area contributed by atoms with Crippen molar-refractivity contribution in [3.63, 3.8) is 0 Å². The van der Waals surface area contributed by atoms with Gasteiger partial charge in [0.15, 0.2) is 0 Å². The Balaban J connectivity index is 2.11. The van der Waals surface area contributed by atoms with E-state index in [9.17, 15) is 14.4 Å². The highest BCUT2D eigenvalue weighted by Gasteiger charge is 2.14. The van der Waals surface area contributed by atoms with Crippen molar-refractivity contribution in [1.82, 2.24) is 20.6 Å². The summed E-state index contributed by atoms with van der Waals surface area (Å²) >= 11 is 0. The molecule has 0 radical (unpaired) electrons. The first-order valence-electron chi connectivity index (χ1n) is 8.49. The molecule has 3 rings (SSSR count). The second-order valence-corrected chi connectivity index (χ2v) is 6.39. The second-order valence-electron chi connectivity index (χ2n) is 6.39. The molecule has 3 aromatic rings. The number of rotatable bonds is 3. The molecule has 1 aromatic heterocycles. The lowest BCUT2D eigenvalue weighted by Crippen LogP contribution is -2.43. The Morgan fingerprint density at radius 1 is 1.00 bits per heavy atom. The highest BCUT2D eigenvalue weighted by molar-refractivity contribution is 5.94. The summed E-state index contributed by atoms with van der Waals surface area (Å²) in [5, 5.41) is 5.65. The molecular weight excluding hydrogens is 344 g/mol. The number of fused-ring (bicyclic) bond motifs is 1. The lowest BCUT2D eigenvalue weighted by atomic mass is 10.0. The number of nitrogens with zero attached hydrogens (tertiary/aromatic N) is 2. The van der Waals surface area contributed by atoms with Gasteiger partial charge in [0, 0.05) is 17.9 Å². The molecule has 1 heterocycles. The van der Waals surface area contributed by atoms with Crippen LogP contribution < -0.4 is 16.4 Å². The fourth-order valence-corrected chi connectivity index (χ4v) is 2.78. The minimum Gasteiger partial charge on any atom is -0.274 e. The fourth-order valence-electron chi connectivity index (χ4n) is 2.78. The number of hydrogen-bond donors (Lipinski definition) is 2. The quantitative estimate of drug-likeness (QED) is 0.694. The topological polar surface area (TPSA) is 93.1 Å². The molecule has 0 saturated carbocycles. The van der Waals surface area contributed by atoms with Gasteiger partial charge in [0.05, 0.1) is 11.1 Å². The first kappa shape index (κ1) is 18.3. The van der Waals surface area contributed by atoms with Crippen LogP contribution in [0.1, 0.15) is 18.1 Å². The van der Waals surface area contributed by atoms with Gasteiger partial charge in [-0.3, -0.25) is 25.2 Å². The molecule has 0 fully saturated rings. The maximum Gasteiger partial charge on any atom is 0.275 e. The van der Waals surface area contributed by atoms with E-state index in [4.69, 9.17) is 0 Å².